The number of likely N-dealkylation sites (tertiary alicyclic amines) is 1. The van der Waals surface area contributed by atoms with Crippen LogP contribution in [0.15, 0.2) is 6.33 Å². The highest BCUT2D eigenvalue weighted by Gasteiger charge is 2.51. The van der Waals surface area contributed by atoms with Crippen LogP contribution in [0.3, 0.4) is 0 Å². The quantitative estimate of drug-likeness (QED) is 0.537. The third-order valence-electron chi connectivity index (χ3n) is 6.59. The molecule has 1 saturated carbocycles. The van der Waals surface area contributed by atoms with Crippen molar-refractivity contribution in [1.29, 1.82) is 0 Å². The van der Waals surface area contributed by atoms with E-state index in [2.05, 4.69) is 25.7 Å². The number of amides is 2. The molecule has 27 heavy (non-hydrogen) atoms. The van der Waals surface area contributed by atoms with Crippen LogP contribution in [0.4, 0.5) is 0 Å². The van der Waals surface area contributed by atoms with E-state index < -0.39 is 0 Å². The van der Waals surface area contributed by atoms with E-state index in [4.69, 9.17) is 5.73 Å². The zero-order chi connectivity index (χ0) is 18.6. The van der Waals surface area contributed by atoms with E-state index in [1.165, 1.54) is 0 Å². The van der Waals surface area contributed by atoms with Crippen LogP contribution in [0.25, 0.3) is 0 Å². The fraction of sp³-hybridized carbons (Fsp3) is 0.722. The number of H-pyrrole nitrogens is 1. The molecule has 2 saturated heterocycles. The molecule has 5 rings (SSSR count). The lowest BCUT2D eigenvalue weighted by atomic mass is 9.78. The molecular weight excluding hydrogens is 346 g/mol. The Labute approximate surface area is 158 Å². The molecule has 1 aliphatic carbocycles. The maximum absolute atomic E-state index is 13.0. The van der Waals surface area contributed by atoms with Gasteiger partial charge < -0.3 is 20.5 Å². The molecule has 9 nitrogen and oxygen atoms in total. The van der Waals surface area contributed by atoms with Crippen LogP contribution >= 0.6 is 0 Å². The number of rotatable bonds is 2. The smallest absolute Gasteiger partial charge is 0.241 e. The van der Waals surface area contributed by atoms with Gasteiger partial charge in [0.2, 0.25) is 11.8 Å². The Hall–Kier alpha value is -1.97. The number of carbonyl (C=O) groups is 2. The molecule has 0 aromatic carbocycles. The maximum atomic E-state index is 13.0. The average molecular weight is 373 g/mol. The number of carbonyl (C=O) groups excluding carboxylic acids is 2. The number of aromatic nitrogens is 2. The third-order valence-corrected chi connectivity index (χ3v) is 6.59. The molecule has 2 amide bonds. The second-order valence-corrected chi connectivity index (χ2v) is 8.28. The van der Waals surface area contributed by atoms with Crippen LogP contribution in [0.2, 0.25) is 0 Å². The number of hydrogen-bond donors (Lipinski definition) is 4. The van der Waals surface area contributed by atoms with Crippen molar-refractivity contribution in [2.45, 2.75) is 56.3 Å². The van der Waals surface area contributed by atoms with Gasteiger partial charge in [-0.05, 0) is 25.7 Å². The molecule has 1 aromatic heterocycles. The topological polar surface area (TPSA) is 119 Å². The van der Waals surface area contributed by atoms with Gasteiger partial charge in [0.25, 0.3) is 0 Å². The van der Waals surface area contributed by atoms with Gasteiger partial charge in [0.1, 0.15) is 6.04 Å². The van der Waals surface area contributed by atoms with Gasteiger partial charge >= 0.3 is 0 Å². The predicted octanol–water partition coefficient (Wildman–Crippen LogP) is -0.827. The molecule has 146 valence electrons. The molecular formula is C18H27N7O2. The number of nitrogens with zero attached hydrogens (tertiary/aromatic N) is 3. The molecule has 0 radical (unpaired) electrons. The SMILES string of the molecule is NC1CC(C(=O)N2CCC3(CC2)c2nc[nH]c2CCN3C(=O)C2CC2)NN1. The lowest BCUT2D eigenvalue weighted by molar-refractivity contribution is -0.146. The van der Waals surface area contributed by atoms with Gasteiger partial charge in [0.05, 0.1) is 23.7 Å². The highest BCUT2D eigenvalue weighted by molar-refractivity contribution is 5.83. The second-order valence-electron chi connectivity index (χ2n) is 8.28. The highest BCUT2D eigenvalue weighted by Crippen LogP contribution is 2.45. The van der Waals surface area contributed by atoms with Crippen molar-refractivity contribution in [3.05, 3.63) is 17.7 Å². The second kappa shape index (κ2) is 6.29. The molecule has 4 aliphatic rings. The summed E-state index contributed by atoms with van der Waals surface area (Å²) < 4.78 is 0. The first-order valence-electron chi connectivity index (χ1n) is 9.98. The number of imidazole rings is 1. The number of hydrazine groups is 1. The zero-order valence-corrected chi connectivity index (χ0v) is 15.4. The van der Waals surface area contributed by atoms with Crippen molar-refractivity contribution >= 4 is 11.8 Å². The number of nitrogens with one attached hydrogen (secondary N) is 3. The number of hydrogen-bond acceptors (Lipinski definition) is 6. The molecule has 4 heterocycles. The Morgan fingerprint density at radius 1 is 1.15 bits per heavy atom. The van der Waals surface area contributed by atoms with E-state index >= 15 is 0 Å². The van der Waals surface area contributed by atoms with E-state index in [1.54, 1.807) is 6.33 Å². The minimum atomic E-state index is -0.373. The summed E-state index contributed by atoms with van der Waals surface area (Å²) in [5.74, 6) is 0.553. The fourth-order valence-electron chi connectivity index (χ4n) is 4.92. The summed E-state index contributed by atoms with van der Waals surface area (Å²) in [5.41, 5.74) is 13.5. The van der Waals surface area contributed by atoms with Crippen LogP contribution in [-0.4, -0.2) is 63.4 Å². The van der Waals surface area contributed by atoms with Crippen LogP contribution < -0.4 is 16.6 Å². The standard InChI is InChI=1S/C18H27N7O2/c19-14-9-13(22-23-14)17(27)24-7-4-18(5-8-24)15-12(20-10-21-15)3-6-25(18)16(26)11-1-2-11/h10-11,13-14,22-23H,1-9,19H2,(H,20,21). The van der Waals surface area contributed by atoms with Crippen LogP contribution in [0.1, 0.15) is 43.5 Å². The Kier molecular flexibility index (Phi) is 3.99. The van der Waals surface area contributed by atoms with E-state index in [-0.39, 0.29) is 35.5 Å². The van der Waals surface area contributed by atoms with Crippen LogP contribution in [-0.2, 0) is 21.5 Å². The van der Waals surface area contributed by atoms with Gasteiger partial charge in [-0.25, -0.2) is 15.8 Å². The highest BCUT2D eigenvalue weighted by atomic mass is 16.2. The van der Waals surface area contributed by atoms with Crippen molar-refractivity contribution in [3.8, 4) is 0 Å². The number of fused-ring (bicyclic) bond motifs is 2. The molecule has 0 bridgehead atoms. The van der Waals surface area contributed by atoms with Gasteiger partial charge in [0, 0.05) is 44.1 Å². The molecule has 2 atom stereocenters. The molecule has 3 fully saturated rings. The summed E-state index contributed by atoms with van der Waals surface area (Å²) >= 11 is 0. The lowest BCUT2D eigenvalue weighted by Crippen LogP contribution is -2.60. The number of nitrogens with two attached hydrogens (primary N) is 1. The van der Waals surface area contributed by atoms with Crippen molar-refractivity contribution in [3.63, 3.8) is 0 Å². The van der Waals surface area contributed by atoms with E-state index in [1.807, 2.05) is 4.90 Å². The normalized spacial score (nSPS) is 29.8. The minimum absolute atomic E-state index is 0.0865. The fourth-order valence-corrected chi connectivity index (χ4v) is 4.92. The lowest BCUT2D eigenvalue weighted by Gasteiger charge is -2.50. The van der Waals surface area contributed by atoms with Gasteiger partial charge in [0.15, 0.2) is 0 Å². The predicted molar refractivity (Wildman–Crippen MR) is 96.9 cm³/mol. The summed E-state index contributed by atoms with van der Waals surface area (Å²) in [5, 5.41) is 0. The first-order chi connectivity index (χ1) is 13.1. The van der Waals surface area contributed by atoms with Gasteiger partial charge in [-0.15, -0.1) is 0 Å². The Morgan fingerprint density at radius 2 is 1.93 bits per heavy atom. The minimum Gasteiger partial charge on any atom is -0.348 e. The van der Waals surface area contributed by atoms with Gasteiger partial charge in [-0.1, -0.05) is 0 Å². The molecule has 5 N–H and O–H groups in total. The number of piperidine rings is 1. The van der Waals surface area contributed by atoms with Crippen molar-refractivity contribution < 1.29 is 9.59 Å². The first-order valence-corrected chi connectivity index (χ1v) is 9.98. The summed E-state index contributed by atoms with van der Waals surface area (Å²) in [6.45, 7) is 2.00. The summed E-state index contributed by atoms with van der Waals surface area (Å²) in [6, 6.07) is -0.273. The Balaban J connectivity index is 1.37. The van der Waals surface area contributed by atoms with E-state index in [0.29, 0.717) is 19.5 Å². The third kappa shape index (κ3) is 2.76. The Bertz CT molecular complexity index is 751. The zero-order valence-electron chi connectivity index (χ0n) is 15.4. The summed E-state index contributed by atoms with van der Waals surface area (Å²) in [6.07, 6.45) is 6.46. The van der Waals surface area contributed by atoms with Crippen molar-refractivity contribution in [1.82, 2.24) is 30.6 Å². The maximum Gasteiger partial charge on any atom is 0.241 e. The molecule has 1 spiro atoms. The van der Waals surface area contributed by atoms with Crippen molar-refractivity contribution in [2.24, 2.45) is 11.7 Å². The Morgan fingerprint density at radius 3 is 2.59 bits per heavy atom. The molecule has 3 aliphatic heterocycles. The molecule has 2 unspecified atom stereocenters. The first kappa shape index (κ1) is 17.2. The van der Waals surface area contributed by atoms with Gasteiger partial charge in [-0.2, -0.15) is 0 Å². The number of aromatic amines is 1. The van der Waals surface area contributed by atoms with Crippen molar-refractivity contribution in [2.75, 3.05) is 19.6 Å². The van der Waals surface area contributed by atoms with E-state index in [9.17, 15) is 9.59 Å². The molecule has 1 aromatic rings. The summed E-state index contributed by atoms with van der Waals surface area (Å²) in [4.78, 5) is 37.7. The van der Waals surface area contributed by atoms with Crippen LogP contribution in [0, 0.1) is 5.92 Å². The molecule has 9 heteroatoms. The largest absolute Gasteiger partial charge is 0.348 e. The monoisotopic (exact) mass is 373 g/mol. The summed E-state index contributed by atoms with van der Waals surface area (Å²) in [7, 11) is 0. The average Bonchev–Trinajstić information content (AvgIpc) is 3.25. The van der Waals surface area contributed by atoms with E-state index in [0.717, 1.165) is 50.0 Å². The van der Waals surface area contributed by atoms with Gasteiger partial charge in [-0.3, -0.25) is 9.59 Å². The van der Waals surface area contributed by atoms with Crippen LogP contribution in [0.5, 0.6) is 0 Å².